The minimum atomic E-state index is -0.515. The van der Waals surface area contributed by atoms with Crippen LogP contribution in [0.5, 0.6) is 0 Å². The summed E-state index contributed by atoms with van der Waals surface area (Å²) in [6.45, 7) is 5.85. The second kappa shape index (κ2) is 8.91. The van der Waals surface area contributed by atoms with Gasteiger partial charge in [-0.15, -0.1) is 0 Å². The summed E-state index contributed by atoms with van der Waals surface area (Å²) in [4.78, 5) is 23.1. The Kier molecular flexibility index (Phi) is 6.62. The second-order valence-corrected chi connectivity index (χ2v) is 6.87. The molecule has 1 N–H and O–H groups in total. The van der Waals surface area contributed by atoms with Crippen LogP contribution in [-0.2, 0) is 16.0 Å². The molecule has 0 aliphatic rings. The number of alkyl carbamates (subject to hydrolysis) is 1. The summed E-state index contributed by atoms with van der Waals surface area (Å²) in [5, 5.41) is 2.72. The van der Waals surface area contributed by atoms with E-state index >= 15 is 0 Å². The number of methoxy groups -OCH3 is 1. The summed E-state index contributed by atoms with van der Waals surface area (Å²) in [6, 6.07) is 14.5. The Morgan fingerprint density at radius 2 is 1.44 bits per heavy atom. The van der Waals surface area contributed by atoms with Gasteiger partial charge in [0.15, 0.2) is 0 Å². The molecule has 2 aromatic carbocycles. The average molecular weight is 365 g/mol. The van der Waals surface area contributed by atoms with Crippen molar-refractivity contribution in [3.8, 4) is 11.8 Å². The third kappa shape index (κ3) is 6.87. The Labute approximate surface area is 159 Å². The number of carbonyl (C=O) groups is 2. The molecule has 2 rings (SSSR count). The summed E-state index contributed by atoms with van der Waals surface area (Å²) in [5.41, 5.74) is 2.59. The van der Waals surface area contributed by atoms with Gasteiger partial charge in [0.2, 0.25) is 0 Å². The number of hydrogen-bond donors (Lipinski definition) is 1. The summed E-state index contributed by atoms with van der Waals surface area (Å²) in [6.07, 6.45) is -0.443. The van der Waals surface area contributed by atoms with Gasteiger partial charge < -0.3 is 14.8 Å². The molecule has 0 aromatic heterocycles. The van der Waals surface area contributed by atoms with Gasteiger partial charge in [0, 0.05) is 17.7 Å². The highest BCUT2D eigenvalue weighted by Crippen LogP contribution is 2.08. The first-order chi connectivity index (χ1) is 12.8. The van der Waals surface area contributed by atoms with Crippen LogP contribution in [-0.4, -0.2) is 24.8 Å². The summed E-state index contributed by atoms with van der Waals surface area (Å²) >= 11 is 0. The van der Waals surface area contributed by atoms with E-state index in [4.69, 9.17) is 4.74 Å². The summed E-state index contributed by atoms with van der Waals surface area (Å²) in [7, 11) is 1.35. The topological polar surface area (TPSA) is 64.6 Å². The SMILES string of the molecule is COC(=O)c1ccc(C#Cc2ccc(CNC(=O)OC(C)(C)C)cc2)cc1. The summed E-state index contributed by atoms with van der Waals surface area (Å²) in [5.74, 6) is 5.75. The van der Waals surface area contributed by atoms with Crippen LogP contribution in [0.2, 0.25) is 0 Å². The number of ether oxygens (including phenoxy) is 2. The minimum absolute atomic E-state index is 0.370. The third-order valence-corrected chi connectivity index (χ3v) is 3.45. The third-order valence-electron chi connectivity index (χ3n) is 3.45. The number of nitrogens with one attached hydrogen (secondary N) is 1. The van der Waals surface area contributed by atoms with E-state index in [-0.39, 0.29) is 5.97 Å². The Morgan fingerprint density at radius 3 is 1.93 bits per heavy atom. The molecule has 0 atom stereocenters. The lowest BCUT2D eigenvalue weighted by atomic mass is 10.1. The second-order valence-electron chi connectivity index (χ2n) is 6.87. The molecule has 0 radical (unpaired) electrons. The van der Waals surface area contributed by atoms with E-state index in [1.165, 1.54) is 7.11 Å². The molecule has 0 unspecified atom stereocenters. The molecule has 0 spiro atoms. The fourth-order valence-corrected chi connectivity index (χ4v) is 2.15. The molecule has 0 aliphatic carbocycles. The first-order valence-corrected chi connectivity index (χ1v) is 8.53. The van der Waals surface area contributed by atoms with Gasteiger partial charge in [0.1, 0.15) is 5.60 Å². The minimum Gasteiger partial charge on any atom is -0.465 e. The van der Waals surface area contributed by atoms with Gasteiger partial charge >= 0.3 is 12.1 Å². The van der Waals surface area contributed by atoms with Crippen LogP contribution in [0, 0.1) is 11.8 Å². The molecule has 0 aliphatic heterocycles. The number of hydrogen-bond acceptors (Lipinski definition) is 4. The van der Waals surface area contributed by atoms with Crippen molar-refractivity contribution < 1.29 is 19.1 Å². The number of esters is 1. The van der Waals surface area contributed by atoms with Crippen molar-refractivity contribution >= 4 is 12.1 Å². The van der Waals surface area contributed by atoms with Crippen molar-refractivity contribution in [3.05, 3.63) is 70.8 Å². The molecular weight excluding hydrogens is 342 g/mol. The first kappa shape index (κ1) is 20.1. The van der Waals surface area contributed by atoms with Crippen LogP contribution in [0.25, 0.3) is 0 Å². The van der Waals surface area contributed by atoms with Crippen molar-refractivity contribution in [2.24, 2.45) is 0 Å². The maximum atomic E-state index is 11.7. The maximum absolute atomic E-state index is 11.7. The Balaban J connectivity index is 1.93. The number of carbonyl (C=O) groups excluding carboxylic acids is 2. The predicted molar refractivity (Wildman–Crippen MR) is 103 cm³/mol. The monoisotopic (exact) mass is 365 g/mol. The van der Waals surface area contributed by atoms with E-state index < -0.39 is 11.7 Å². The van der Waals surface area contributed by atoms with Gasteiger partial charge in [-0.3, -0.25) is 0 Å². The fourth-order valence-electron chi connectivity index (χ4n) is 2.15. The van der Waals surface area contributed by atoms with E-state index in [0.717, 1.165) is 16.7 Å². The zero-order valence-corrected chi connectivity index (χ0v) is 16.0. The van der Waals surface area contributed by atoms with Gasteiger partial charge in [-0.05, 0) is 62.7 Å². The van der Waals surface area contributed by atoms with Gasteiger partial charge in [0.05, 0.1) is 12.7 Å². The van der Waals surface area contributed by atoms with E-state index in [1.54, 1.807) is 24.3 Å². The van der Waals surface area contributed by atoms with Crippen LogP contribution in [0.15, 0.2) is 48.5 Å². The molecule has 140 valence electrons. The molecule has 27 heavy (non-hydrogen) atoms. The Bertz CT molecular complexity index is 850. The van der Waals surface area contributed by atoms with Crippen molar-refractivity contribution in [1.82, 2.24) is 5.32 Å². The molecule has 5 nitrogen and oxygen atoms in total. The lowest BCUT2D eigenvalue weighted by molar-refractivity contribution is 0.0522. The van der Waals surface area contributed by atoms with Crippen LogP contribution in [0.4, 0.5) is 4.79 Å². The highest BCUT2D eigenvalue weighted by atomic mass is 16.6. The zero-order chi connectivity index (χ0) is 19.9. The first-order valence-electron chi connectivity index (χ1n) is 8.53. The molecule has 0 saturated carbocycles. The van der Waals surface area contributed by atoms with Gasteiger partial charge in [-0.2, -0.15) is 0 Å². The molecule has 0 saturated heterocycles. The van der Waals surface area contributed by atoms with Crippen LogP contribution < -0.4 is 5.32 Å². The van der Waals surface area contributed by atoms with Crippen LogP contribution in [0.1, 0.15) is 47.8 Å². The average Bonchev–Trinajstić information content (AvgIpc) is 2.64. The maximum Gasteiger partial charge on any atom is 0.407 e. The highest BCUT2D eigenvalue weighted by Gasteiger charge is 2.15. The lowest BCUT2D eigenvalue weighted by Crippen LogP contribution is -2.32. The molecule has 1 amide bonds. The molecule has 0 fully saturated rings. The molecule has 0 heterocycles. The normalized spacial score (nSPS) is 10.4. The van der Waals surface area contributed by atoms with E-state index in [2.05, 4.69) is 21.9 Å². The van der Waals surface area contributed by atoms with E-state index in [1.807, 2.05) is 45.0 Å². The molecular formula is C22H23NO4. The Morgan fingerprint density at radius 1 is 0.926 bits per heavy atom. The van der Waals surface area contributed by atoms with E-state index in [0.29, 0.717) is 12.1 Å². The lowest BCUT2D eigenvalue weighted by Gasteiger charge is -2.19. The number of rotatable bonds is 3. The van der Waals surface area contributed by atoms with Gasteiger partial charge in [-0.25, -0.2) is 9.59 Å². The van der Waals surface area contributed by atoms with Crippen molar-refractivity contribution in [1.29, 1.82) is 0 Å². The van der Waals surface area contributed by atoms with E-state index in [9.17, 15) is 9.59 Å². The number of amides is 1. The van der Waals surface area contributed by atoms with Crippen LogP contribution >= 0.6 is 0 Å². The zero-order valence-electron chi connectivity index (χ0n) is 16.0. The summed E-state index contributed by atoms with van der Waals surface area (Å²) < 4.78 is 9.87. The molecule has 5 heteroatoms. The largest absolute Gasteiger partial charge is 0.465 e. The van der Waals surface area contributed by atoms with Crippen LogP contribution in [0.3, 0.4) is 0 Å². The van der Waals surface area contributed by atoms with Gasteiger partial charge in [-0.1, -0.05) is 24.0 Å². The van der Waals surface area contributed by atoms with Gasteiger partial charge in [0.25, 0.3) is 0 Å². The Hall–Kier alpha value is -3.26. The smallest absolute Gasteiger partial charge is 0.407 e. The quantitative estimate of drug-likeness (QED) is 0.662. The number of benzene rings is 2. The molecule has 0 bridgehead atoms. The fraction of sp³-hybridized carbons (Fsp3) is 0.273. The standard InChI is InChI=1S/C22H23NO4/c1-22(2,3)27-21(25)23-15-18-9-7-16(8-10-18)5-6-17-11-13-19(14-12-17)20(24)26-4/h7-14H,15H2,1-4H3,(H,23,25). The predicted octanol–water partition coefficient (Wildman–Crippen LogP) is 3.90. The van der Waals surface area contributed by atoms with Crippen molar-refractivity contribution in [2.45, 2.75) is 32.9 Å². The molecule has 2 aromatic rings. The van der Waals surface area contributed by atoms with Crippen molar-refractivity contribution in [2.75, 3.05) is 7.11 Å². The highest BCUT2D eigenvalue weighted by molar-refractivity contribution is 5.89. The van der Waals surface area contributed by atoms with Crippen molar-refractivity contribution in [3.63, 3.8) is 0 Å².